The minimum Gasteiger partial charge on any atom is -0.271 e. The molecule has 4 aromatic heterocycles. The minimum absolute atomic E-state index is 0. The van der Waals surface area contributed by atoms with Crippen molar-refractivity contribution in [1.29, 1.82) is 0 Å². The van der Waals surface area contributed by atoms with Crippen molar-refractivity contribution in [1.82, 2.24) is 29.9 Å². The number of alkyl halides is 6. The Morgan fingerprint density at radius 1 is 0.596 bits per heavy atom. The van der Waals surface area contributed by atoms with Gasteiger partial charge < -0.3 is 0 Å². The first-order valence-corrected chi connectivity index (χ1v) is 15.9. The number of aromatic nitrogens is 6. The van der Waals surface area contributed by atoms with Gasteiger partial charge in [-0.3, -0.25) is 5.10 Å². The highest BCUT2D eigenvalue weighted by atomic mass is 127. The van der Waals surface area contributed by atoms with Crippen LogP contribution in [-0.4, -0.2) is 29.9 Å². The summed E-state index contributed by atoms with van der Waals surface area (Å²) in [7, 11) is 0. The standard InChI is InChI=1S/C26H17F3IN3.C7H3F3IN3.H2/c27-26(28,29)23-22-21(30)16-17-31-24(22)33(32-23)25(18-10-4-1-5-11-18,19-12-6-2-7-13-19)20-14-8-3-9-15-20;8-7(9,10)5-4-3(11)1-2-12-6(4)14-13-5;/h1-17H;1-2H,(H,12,13,14);1H/i;;1+1. The largest absolute Gasteiger partial charge is 0.435 e. The van der Waals surface area contributed by atoms with Crippen molar-refractivity contribution in [2.45, 2.75) is 17.9 Å². The molecule has 7 rings (SSSR count). The van der Waals surface area contributed by atoms with Crippen molar-refractivity contribution < 1.29 is 27.8 Å². The van der Waals surface area contributed by atoms with Crippen LogP contribution < -0.4 is 0 Å². The highest BCUT2D eigenvalue weighted by molar-refractivity contribution is 14.1. The van der Waals surface area contributed by atoms with E-state index in [9.17, 15) is 26.3 Å². The number of halogens is 8. The molecule has 47 heavy (non-hydrogen) atoms. The topological polar surface area (TPSA) is 72.3 Å². The molecule has 0 bridgehead atoms. The Hall–Kier alpha value is -4.06. The van der Waals surface area contributed by atoms with E-state index in [2.05, 4.69) is 20.2 Å². The average Bonchev–Trinajstić information content (AvgIpc) is 3.69. The summed E-state index contributed by atoms with van der Waals surface area (Å²) in [5.74, 6) is 0. The van der Waals surface area contributed by atoms with Crippen LogP contribution in [0.1, 0.15) is 29.5 Å². The number of hydrogen-bond donors (Lipinski definition) is 1. The number of hydrogen-bond acceptors (Lipinski definition) is 4. The van der Waals surface area contributed by atoms with E-state index in [1.54, 1.807) is 6.07 Å². The number of aromatic amines is 1. The Morgan fingerprint density at radius 3 is 1.53 bits per heavy atom. The van der Waals surface area contributed by atoms with Gasteiger partial charge in [-0.25, -0.2) is 14.6 Å². The SMILES string of the molecule is FC(F)(F)c1[nH]nc2nccc(I)c12.FC(F)(F)c1nn(C(c2ccccc2)(c2ccccc2)c2ccccc2)c2nccc(I)c12.[2HH]. The Balaban J connectivity index is 0.000000252. The molecule has 1 N–H and O–H groups in total. The number of fused-ring (bicyclic) bond motifs is 2. The molecule has 14 heteroatoms. The van der Waals surface area contributed by atoms with E-state index >= 15 is 0 Å². The van der Waals surface area contributed by atoms with Gasteiger partial charge >= 0.3 is 12.4 Å². The molecule has 0 saturated heterocycles. The highest BCUT2D eigenvalue weighted by Gasteiger charge is 2.45. The van der Waals surface area contributed by atoms with Crippen LogP contribution in [0.3, 0.4) is 0 Å². The summed E-state index contributed by atoms with van der Waals surface area (Å²) in [6, 6.07) is 31.5. The number of pyridine rings is 2. The lowest BCUT2D eigenvalue weighted by Crippen LogP contribution is -2.39. The zero-order valence-electron chi connectivity index (χ0n) is 23.7. The van der Waals surface area contributed by atoms with Crippen LogP contribution >= 0.6 is 45.2 Å². The van der Waals surface area contributed by atoms with Gasteiger partial charge in [0.15, 0.2) is 17.0 Å². The maximum Gasteiger partial charge on any atom is 0.435 e. The van der Waals surface area contributed by atoms with E-state index in [-0.39, 0.29) is 23.5 Å². The normalized spacial score (nSPS) is 12.3. The van der Waals surface area contributed by atoms with Crippen LogP contribution in [0.25, 0.3) is 22.1 Å². The molecule has 240 valence electrons. The molecule has 0 amide bonds. The Morgan fingerprint density at radius 2 is 1.06 bits per heavy atom. The number of nitrogens with zero attached hydrogens (tertiary/aromatic N) is 5. The van der Waals surface area contributed by atoms with Gasteiger partial charge in [0.25, 0.3) is 0 Å². The van der Waals surface area contributed by atoms with Crippen LogP contribution in [0.5, 0.6) is 0 Å². The summed E-state index contributed by atoms with van der Waals surface area (Å²) in [5.41, 5.74) is -0.367. The summed E-state index contributed by atoms with van der Waals surface area (Å²) in [6.07, 6.45) is -6.11. The van der Waals surface area contributed by atoms with E-state index in [1.807, 2.05) is 141 Å². The maximum atomic E-state index is 14.2. The van der Waals surface area contributed by atoms with Crippen LogP contribution in [0.15, 0.2) is 116 Å². The minimum atomic E-state index is -4.64. The fourth-order valence-corrected chi connectivity index (χ4v) is 6.79. The molecule has 0 fully saturated rings. The van der Waals surface area contributed by atoms with Crippen molar-refractivity contribution in [2.24, 2.45) is 0 Å². The van der Waals surface area contributed by atoms with Gasteiger partial charge in [0.1, 0.15) is 11.2 Å². The molecule has 7 aromatic rings. The first-order chi connectivity index (χ1) is 22.4. The second kappa shape index (κ2) is 12.9. The molecular formula is C33H22F6I2N6. The number of nitrogens with one attached hydrogen (secondary N) is 1. The average molecular weight is 871 g/mol. The summed E-state index contributed by atoms with van der Waals surface area (Å²) < 4.78 is 82.2. The molecule has 0 radical (unpaired) electrons. The third kappa shape index (κ3) is 6.08. The zero-order valence-corrected chi connectivity index (χ0v) is 28.0. The van der Waals surface area contributed by atoms with Crippen molar-refractivity contribution in [3.8, 4) is 0 Å². The fourth-order valence-electron chi connectivity index (χ4n) is 5.46. The van der Waals surface area contributed by atoms with Crippen molar-refractivity contribution in [2.75, 3.05) is 0 Å². The third-order valence-electron chi connectivity index (χ3n) is 7.37. The Bertz CT molecular complexity index is 2060. The van der Waals surface area contributed by atoms with Gasteiger partial charge in [-0.2, -0.15) is 36.5 Å². The summed E-state index contributed by atoms with van der Waals surface area (Å²) in [5, 5.41) is 9.71. The molecule has 0 aliphatic heterocycles. The highest BCUT2D eigenvalue weighted by Crippen LogP contribution is 2.45. The molecule has 0 saturated carbocycles. The summed E-state index contributed by atoms with van der Waals surface area (Å²) >= 11 is 3.74. The molecule has 0 unspecified atom stereocenters. The van der Waals surface area contributed by atoms with E-state index < -0.39 is 29.3 Å². The van der Waals surface area contributed by atoms with Gasteiger partial charge in [-0.05, 0) is 74.0 Å². The first kappa shape index (κ1) is 32.9. The van der Waals surface area contributed by atoms with E-state index in [0.29, 0.717) is 7.14 Å². The number of H-pyrrole nitrogens is 1. The lowest BCUT2D eigenvalue weighted by atomic mass is 9.77. The third-order valence-corrected chi connectivity index (χ3v) is 9.16. The van der Waals surface area contributed by atoms with Gasteiger partial charge in [-0.1, -0.05) is 91.0 Å². The molecule has 0 aliphatic rings. The fraction of sp³-hybridized carbons (Fsp3) is 0.0909. The van der Waals surface area contributed by atoms with Crippen LogP contribution in [0.4, 0.5) is 26.3 Å². The molecule has 3 aromatic carbocycles. The summed E-state index contributed by atoms with van der Waals surface area (Å²) in [6.45, 7) is 0. The predicted molar refractivity (Wildman–Crippen MR) is 184 cm³/mol. The zero-order chi connectivity index (χ0) is 33.4. The quantitative estimate of drug-likeness (QED) is 0.109. The maximum absolute atomic E-state index is 14.2. The molecular weight excluding hydrogens is 848 g/mol. The second-order valence-corrected chi connectivity index (χ2v) is 12.5. The Labute approximate surface area is 292 Å². The van der Waals surface area contributed by atoms with Crippen LogP contribution in [0, 0.1) is 7.14 Å². The van der Waals surface area contributed by atoms with E-state index in [0.717, 1.165) is 16.7 Å². The van der Waals surface area contributed by atoms with Crippen molar-refractivity contribution in [3.05, 3.63) is 151 Å². The van der Waals surface area contributed by atoms with Crippen LogP contribution in [-0.2, 0) is 17.9 Å². The lowest BCUT2D eigenvalue weighted by Gasteiger charge is -2.36. The van der Waals surface area contributed by atoms with Gasteiger partial charge in [0.2, 0.25) is 0 Å². The smallest absolute Gasteiger partial charge is 0.271 e. The first-order valence-electron chi connectivity index (χ1n) is 13.8. The van der Waals surface area contributed by atoms with E-state index in [4.69, 9.17) is 0 Å². The lowest BCUT2D eigenvalue weighted by molar-refractivity contribution is -0.141. The summed E-state index contributed by atoms with van der Waals surface area (Å²) in [4.78, 5) is 8.14. The van der Waals surface area contributed by atoms with Crippen LogP contribution in [0.2, 0.25) is 0 Å². The molecule has 0 spiro atoms. The van der Waals surface area contributed by atoms with Crippen molar-refractivity contribution >= 4 is 67.2 Å². The number of benzene rings is 3. The monoisotopic (exact) mass is 871 g/mol. The second-order valence-electron chi connectivity index (χ2n) is 10.1. The molecule has 4 heterocycles. The van der Waals surface area contributed by atoms with Crippen molar-refractivity contribution in [3.63, 3.8) is 0 Å². The van der Waals surface area contributed by atoms with Gasteiger partial charge in [0, 0.05) is 21.0 Å². The van der Waals surface area contributed by atoms with Gasteiger partial charge in [0.05, 0.1) is 10.8 Å². The van der Waals surface area contributed by atoms with E-state index in [1.165, 1.54) is 23.1 Å². The predicted octanol–water partition coefficient (Wildman–Crippen LogP) is 9.72. The number of rotatable bonds is 4. The molecule has 0 atom stereocenters. The molecule has 6 nitrogen and oxygen atoms in total. The molecule has 0 aliphatic carbocycles. The van der Waals surface area contributed by atoms with Gasteiger partial charge in [-0.15, -0.1) is 0 Å². The Kier molecular flexibility index (Phi) is 8.99.